The van der Waals surface area contributed by atoms with Gasteiger partial charge >= 0.3 is 0 Å². The zero-order valence-corrected chi connectivity index (χ0v) is 13.6. The lowest BCUT2D eigenvalue weighted by Crippen LogP contribution is -2.39. The Morgan fingerprint density at radius 3 is 2.83 bits per heavy atom. The number of sulfonamides is 1. The van der Waals surface area contributed by atoms with Crippen molar-refractivity contribution in [1.82, 2.24) is 4.90 Å². The quantitative estimate of drug-likeness (QED) is 0.835. The highest BCUT2D eigenvalue weighted by Gasteiger charge is 2.28. The van der Waals surface area contributed by atoms with Gasteiger partial charge in [-0.2, -0.15) is 0 Å². The van der Waals surface area contributed by atoms with Crippen LogP contribution in [0.25, 0.3) is 0 Å². The third-order valence-electron chi connectivity index (χ3n) is 4.37. The molecule has 2 heterocycles. The van der Waals surface area contributed by atoms with Gasteiger partial charge in [0.25, 0.3) is 10.0 Å². The van der Waals surface area contributed by atoms with Crippen LogP contribution in [0.4, 0.5) is 0 Å². The second-order valence-corrected chi connectivity index (χ2v) is 7.76. The van der Waals surface area contributed by atoms with Crippen molar-refractivity contribution in [3.8, 4) is 5.75 Å². The summed E-state index contributed by atoms with van der Waals surface area (Å²) in [6.07, 6.45) is 10.1. The Morgan fingerprint density at radius 1 is 1.13 bits per heavy atom. The molecule has 0 amide bonds. The fourth-order valence-electron chi connectivity index (χ4n) is 3.17. The van der Waals surface area contributed by atoms with Crippen molar-refractivity contribution in [2.75, 3.05) is 12.3 Å². The number of rotatable bonds is 2. The number of nitrogens with zero attached hydrogens (tertiary/aromatic N) is 2. The standard InChI is InChI=1S/C17H18N2O3S/c20-23(21)11-10-19-9-3-6-16(17(19)18-23)22-15-8-7-13-4-1-2-5-14(13)12-15/h3,6-9,12H,1-2,4-5,10-11H2. The molecular weight excluding hydrogens is 312 g/mol. The minimum Gasteiger partial charge on any atom is -0.453 e. The third kappa shape index (κ3) is 2.91. The Morgan fingerprint density at radius 2 is 1.96 bits per heavy atom. The zero-order valence-electron chi connectivity index (χ0n) is 12.7. The Hall–Kier alpha value is -2.08. The first kappa shape index (κ1) is 14.5. The van der Waals surface area contributed by atoms with Crippen LogP contribution in [-0.2, 0) is 22.9 Å². The van der Waals surface area contributed by atoms with Gasteiger partial charge < -0.3 is 9.64 Å². The molecule has 1 aromatic carbocycles. The summed E-state index contributed by atoms with van der Waals surface area (Å²) in [6.45, 7) is 0.405. The molecule has 0 atom stereocenters. The largest absolute Gasteiger partial charge is 0.453 e. The molecule has 1 aliphatic carbocycles. The topological polar surface area (TPSA) is 59.0 Å². The average molecular weight is 330 g/mol. The van der Waals surface area contributed by atoms with Gasteiger partial charge in [-0.05, 0) is 61.1 Å². The first-order chi connectivity index (χ1) is 11.1. The van der Waals surface area contributed by atoms with E-state index in [1.54, 1.807) is 6.08 Å². The molecule has 0 unspecified atom stereocenters. The summed E-state index contributed by atoms with van der Waals surface area (Å²) in [5.74, 6) is 1.62. The van der Waals surface area contributed by atoms with Crippen molar-refractivity contribution in [3.63, 3.8) is 0 Å². The van der Waals surface area contributed by atoms with Gasteiger partial charge in [0.15, 0.2) is 11.6 Å². The molecule has 4 rings (SSSR count). The monoisotopic (exact) mass is 330 g/mol. The summed E-state index contributed by atoms with van der Waals surface area (Å²) in [7, 11) is -3.40. The Balaban J connectivity index is 1.64. The van der Waals surface area contributed by atoms with Crippen LogP contribution in [0.5, 0.6) is 5.75 Å². The van der Waals surface area contributed by atoms with E-state index in [1.807, 2.05) is 23.2 Å². The lowest BCUT2D eigenvalue weighted by molar-refractivity contribution is 0.427. The van der Waals surface area contributed by atoms with E-state index in [0.717, 1.165) is 18.6 Å². The highest BCUT2D eigenvalue weighted by atomic mass is 32.2. The van der Waals surface area contributed by atoms with Crippen molar-refractivity contribution in [2.24, 2.45) is 4.40 Å². The first-order valence-electron chi connectivity index (χ1n) is 7.88. The summed E-state index contributed by atoms with van der Waals surface area (Å²) in [5.41, 5.74) is 2.72. The van der Waals surface area contributed by atoms with Gasteiger partial charge in [0.2, 0.25) is 0 Å². The van der Waals surface area contributed by atoms with Gasteiger partial charge in [0.05, 0.1) is 5.75 Å². The smallest absolute Gasteiger partial charge is 0.256 e. The molecule has 0 N–H and O–H groups in total. The van der Waals surface area contributed by atoms with Crippen molar-refractivity contribution >= 4 is 15.9 Å². The lowest BCUT2D eigenvalue weighted by atomic mass is 9.92. The molecule has 0 saturated heterocycles. The van der Waals surface area contributed by atoms with Gasteiger partial charge in [0.1, 0.15) is 5.75 Å². The van der Waals surface area contributed by atoms with Crippen LogP contribution in [0, 0.1) is 0 Å². The number of allylic oxidation sites excluding steroid dienone is 2. The van der Waals surface area contributed by atoms with Gasteiger partial charge in [-0.3, -0.25) is 0 Å². The molecular formula is C17H18N2O3S. The van der Waals surface area contributed by atoms with Gasteiger partial charge in [-0.15, -0.1) is 4.40 Å². The molecule has 0 spiro atoms. The molecule has 0 fully saturated rings. The number of aryl methyl sites for hydroxylation is 2. The summed E-state index contributed by atoms with van der Waals surface area (Å²) < 4.78 is 33.4. The Labute approximate surface area is 136 Å². The van der Waals surface area contributed by atoms with Gasteiger partial charge in [-0.25, -0.2) is 8.42 Å². The normalized spacial score (nSPS) is 21.8. The number of ether oxygens (including phenoxy) is 1. The van der Waals surface area contributed by atoms with Crippen LogP contribution in [0.15, 0.2) is 46.7 Å². The van der Waals surface area contributed by atoms with Crippen LogP contribution >= 0.6 is 0 Å². The maximum absolute atomic E-state index is 11.8. The first-order valence-corrected chi connectivity index (χ1v) is 9.49. The van der Waals surface area contributed by atoms with E-state index in [9.17, 15) is 8.42 Å². The van der Waals surface area contributed by atoms with Crippen LogP contribution in [0.1, 0.15) is 24.0 Å². The minimum absolute atomic E-state index is 0.0347. The summed E-state index contributed by atoms with van der Waals surface area (Å²) in [4.78, 5) is 1.81. The molecule has 3 aliphatic rings. The zero-order chi connectivity index (χ0) is 15.9. The number of hydrogen-bond acceptors (Lipinski definition) is 4. The second kappa shape index (κ2) is 5.53. The molecule has 23 heavy (non-hydrogen) atoms. The predicted molar refractivity (Wildman–Crippen MR) is 88.9 cm³/mol. The van der Waals surface area contributed by atoms with E-state index in [2.05, 4.69) is 16.5 Å². The van der Waals surface area contributed by atoms with E-state index < -0.39 is 10.0 Å². The van der Waals surface area contributed by atoms with E-state index in [1.165, 1.54) is 24.0 Å². The lowest BCUT2D eigenvalue weighted by Gasteiger charge is -2.28. The summed E-state index contributed by atoms with van der Waals surface area (Å²) in [5, 5.41) is 0. The highest BCUT2D eigenvalue weighted by Crippen LogP contribution is 2.27. The van der Waals surface area contributed by atoms with Crippen LogP contribution in [-0.4, -0.2) is 31.5 Å². The molecule has 6 heteroatoms. The van der Waals surface area contributed by atoms with Gasteiger partial charge in [-0.1, -0.05) is 6.07 Å². The number of amidine groups is 1. The fourth-order valence-corrected chi connectivity index (χ4v) is 4.15. The molecule has 1 aromatic rings. The molecule has 2 aliphatic heterocycles. The van der Waals surface area contributed by atoms with E-state index in [4.69, 9.17) is 4.74 Å². The number of hydrogen-bond donors (Lipinski definition) is 0. The maximum atomic E-state index is 11.8. The molecule has 0 aromatic heterocycles. The molecule has 0 radical (unpaired) electrons. The Bertz CT molecular complexity index is 837. The summed E-state index contributed by atoms with van der Waals surface area (Å²) >= 11 is 0. The van der Waals surface area contributed by atoms with Crippen LogP contribution < -0.4 is 4.74 Å². The van der Waals surface area contributed by atoms with Crippen LogP contribution in [0.2, 0.25) is 0 Å². The molecule has 120 valence electrons. The molecule has 0 saturated carbocycles. The second-order valence-electron chi connectivity index (χ2n) is 6.01. The van der Waals surface area contributed by atoms with Crippen molar-refractivity contribution in [1.29, 1.82) is 0 Å². The summed E-state index contributed by atoms with van der Waals surface area (Å²) in [6, 6.07) is 6.13. The van der Waals surface area contributed by atoms with E-state index >= 15 is 0 Å². The predicted octanol–water partition coefficient (Wildman–Crippen LogP) is 2.40. The fraction of sp³-hybridized carbons (Fsp3) is 0.353. The van der Waals surface area contributed by atoms with Crippen molar-refractivity contribution in [2.45, 2.75) is 25.7 Å². The number of benzene rings is 1. The third-order valence-corrected chi connectivity index (χ3v) is 5.52. The van der Waals surface area contributed by atoms with Gasteiger partial charge in [0, 0.05) is 12.7 Å². The SMILES string of the molecule is O=S1(=O)CCN2C=CC=C(Oc3ccc4c(c3)CCCC4)C2=N1. The van der Waals surface area contributed by atoms with Crippen molar-refractivity contribution in [3.05, 3.63) is 53.4 Å². The molecule has 0 bridgehead atoms. The van der Waals surface area contributed by atoms with E-state index in [-0.39, 0.29) is 5.75 Å². The van der Waals surface area contributed by atoms with Crippen LogP contribution in [0.3, 0.4) is 0 Å². The molecule has 5 nitrogen and oxygen atoms in total. The van der Waals surface area contributed by atoms with E-state index in [0.29, 0.717) is 18.1 Å². The Kier molecular flexibility index (Phi) is 3.49. The van der Waals surface area contributed by atoms with Crippen molar-refractivity contribution < 1.29 is 13.2 Å². The minimum atomic E-state index is -3.40. The average Bonchev–Trinajstić information content (AvgIpc) is 2.55. The highest BCUT2D eigenvalue weighted by molar-refractivity contribution is 7.90. The maximum Gasteiger partial charge on any atom is 0.256 e. The number of fused-ring (bicyclic) bond motifs is 2.